The van der Waals surface area contributed by atoms with E-state index < -0.39 is 71.5 Å². The quantitative estimate of drug-likeness (QED) is 0.0510. The van der Waals surface area contributed by atoms with Gasteiger partial charge in [-0.2, -0.15) is 0 Å². The Hall–Kier alpha value is -9.27. The summed E-state index contributed by atoms with van der Waals surface area (Å²) >= 11 is 0. The number of aromatic nitrogens is 2. The van der Waals surface area contributed by atoms with Gasteiger partial charge in [0.25, 0.3) is 0 Å². The molecule has 470 valence electrons. The summed E-state index contributed by atoms with van der Waals surface area (Å²) in [6, 6.07) is 27.0. The summed E-state index contributed by atoms with van der Waals surface area (Å²) in [7, 11) is 5.81. The molecule has 5 aromatic carbocycles. The number of hydrogen-bond donors (Lipinski definition) is 0. The van der Waals surface area contributed by atoms with Crippen LogP contribution in [0.5, 0.6) is 11.5 Å². The maximum Gasteiger partial charge on any atom is 0.411 e. The lowest BCUT2D eigenvalue weighted by Crippen LogP contribution is -2.38. The minimum absolute atomic E-state index is 0.00797. The van der Waals surface area contributed by atoms with E-state index in [0.29, 0.717) is 50.9 Å². The van der Waals surface area contributed by atoms with Gasteiger partial charge in [0, 0.05) is 83.3 Å². The van der Waals surface area contributed by atoms with Crippen LogP contribution >= 0.6 is 0 Å². The highest BCUT2D eigenvalue weighted by molar-refractivity contribution is 5.91. The molecule has 1 aliphatic carbocycles. The molecule has 4 atom stereocenters. The molecule has 6 heterocycles. The van der Waals surface area contributed by atoms with Gasteiger partial charge < -0.3 is 38.2 Å². The molecule has 0 radical (unpaired) electrons. The zero-order chi connectivity index (χ0) is 63.7. The van der Waals surface area contributed by atoms with E-state index in [4.69, 9.17) is 38.4 Å². The molecule has 2 amide bonds. The van der Waals surface area contributed by atoms with Crippen molar-refractivity contribution in [2.45, 2.75) is 103 Å². The number of benzene rings is 5. The number of anilines is 2. The van der Waals surface area contributed by atoms with E-state index in [1.165, 1.54) is 44.4 Å². The number of hydrogen-bond acceptors (Lipinski definition) is 14. The summed E-state index contributed by atoms with van der Waals surface area (Å²) in [4.78, 5) is 67.8. The fourth-order valence-corrected chi connectivity index (χ4v) is 12.6. The molecule has 0 bridgehead atoms. The van der Waals surface area contributed by atoms with Crippen LogP contribution < -0.4 is 19.3 Å². The second-order valence-electron chi connectivity index (χ2n) is 23.3. The number of nitrogens with zero attached hydrogens (tertiary/aromatic N) is 6. The van der Waals surface area contributed by atoms with Crippen LogP contribution in [-0.2, 0) is 36.8 Å². The first-order valence-corrected chi connectivity index (χ1v) is 30.0. The Labute approximate surface area is 518 Å². The van der Waals surface area contributed by atoms with Crippen molar-refractivity contribution in [3.63, 3.8) is 0 Å². The predicted octanol–water partition coefficient (Wildman–Crippen LogP) is 14.0. The van der Waals surface area contributed by atoms with E-state index in [1.807, 2.05) is 37.3 Å². The molecule has 5 aliphatic rings. The molecular weight excluding hydrogens is 1170 g/mol. The van der Waals surface area contributed by atoms with Gasteiger partial charge in [-0.15, -0.1) is 0 Å². The number of pyridine rings is 2. The van der Waals surface area contributed by atoms with Gasteiger partial charge in [-0.1, -0.05) is 12.1 Å². The number of methoxy groups -OCH3 is 4. The van der Waals surface area contributed by atoms with E-state index >= 15 is 4.39 Å². The maximum atomic E-state index is 15.6. The van der Waals surface area contributed by atoms with Crippen molar-refractivity contribution in [2.75, 3.05) is 64.4 Å². The van der Waals surface area contributed by atoms with Crippen molar-refractivity contribution in [1.29, 1.82) is 0 Å². The Bertz CT molecular complexity index is 3850. The molecule has 21 heteroatoms. The van der Waals surface area contributed by atoms with Gasteiger partial charge in [0.1, 0.15) is 64.4 Å². The molecule has 12 rings (SSSR count). The molecule has 4 aliphatic heterocycles. The first-order chi connectivity index (χ1) is 43.3. The molecule has 1 saturated carbocycles. The lowest BCUT2D eigenvalue weighted by Gasteiger charge is -2.33. The van der Waals surface area contributed by atoms with Crippen molar-refractivity contribution < 1.29 is 69.6 Å². The van der Waals surface area contributed by atoms with E-state index in [1.54, 1.807) is 50.1 Å². The number of halogens is 5. The number of rotatable bonds is 16. The molecule has 0 spiro atoms. The lowest BCUT2D eigenvalue weighted by molar-refractivity contribution is -0.146. The van der Waals surface area contributed by atoms with Crippen LogP contribution in [0.3, 0.4) is 0 Å². The maximum absolute atomic E-state index is 15.6. The third kappa shape index (κ3) is 12.8. The van der Waals surface area contributed by atoms with E-state index in [0.717, 1.165) is 117 Å². The number of esters is 2. The molecule has 4 saturated heterocycles. The van der Waals surface area contributed by atoms with Gasteiger partial charge in [0.05, 0.1) is 76.5 Å². The summed E-state index contributed by atoms with van der Waals surface area (Å²) in [6.45, 7) is 8.98. The smallest absolute Gasteiger partial charge is 0.411 e. The molecule has 0 unspecified atom stereocenters. The number of cyclic esters (lactones) is 2. The molecule has 7 aromatic rings. The van der Waals surface area contributed by atoms with Crippen molar-refractivity contribution >= 4 is 35.8 Å². The number of amides is 2. The van der Waals surface area contributed by atoms with E-state index in [9.17, 15) is 36.7 Å². The topological polar surface area (TPSA) is 162 Å². The number of ether oxygens (including phenoxy) is 6. The second kappa shape index (κ2) is 26.4. The van der Waals surface area contributed by atoms with Gasteiger partial charge >= 0.3 is 24.1 Å². The van der Waals surface area contributed by atoms with Crippen LogP contribution in [0.25, 0.3) is 33.4 Å². The Morgan fingerprint density at radius 2 is 1.01 bits per heavy atom. The Morgan fingerprint density at radius 3 is 1.46 bits per heavy atom. The first-order valence-electron chi connectivity index (χ1n) is 30.0. The van der Waals surface area contributed by atoms with Crippen LogP contribution in [0.15, 0.2) is 109 Å². The second-order valence-corrected chi connectivity index (χ2v) is 23.3. The number of aryl methyl sites for hydroxylation is 1. The highest BCUT2D eigenvalue weighted by Crippen LogP contribution is 2.45. The van der Waals surface area contributed by atoms with Gasteiger partial charge in [0.2, 0.25) is 0 Å². The van der Waals surface area contributed by atoms with Crippen LogP contribution in [0.1, 0.15) is 114 Å². The van der Waals surface area contributed by atoms with Crippen molar-refractivity contribution in [3.8, 4) is 44.9 Å². The molecule has 2 aromatic heterocycles. The highest BCUT2D eigenvalue weighted by atomic mass is 19.1. The number of carbonyl (C=O) groups excluding carboxylic acids is 4. The normalized spacial score (nSPS) is 20.3. The Balaban J connectivity index is 0.000000185. The summed E-state index contributed by atoms with van der Waals surface area (Å²) < 4.78 is 104. The highest BCUT2D eigenvalue weighted by Gasteiger charge is 2.43. The van der Waals surface area contributed by atoms with Crippen LogP contribution in [0.2, 0.25) is 0 Å². The van der Waals surface area contributed by atoms with Crippen LogP contribution in [0.4, 0.5) is 43.2 Å². The average Bonchev–Trinajstić information content (AvgIpc) is 1.04. The van der Waals surface area contributed by atoms with E-state index in [2.05, 4.69) is 21.9 Å². The Kier molecular flexibility index (Phi) is 18.3. The van der Waals surface area contributed by atoms with E-state index in [-0.39, 0.29) is 47.4 Å². The summed E-state index contributed by atoms with van der Waals surface area (Å²) in [6.07, 6.45) is 2.48. The third-order valence-electron chi connectivity index (χ3n) is 17.9. The minimum Gasteiger partial charge on any atom is -0.496 e. The van der Waals surface area contributed by atoms with Crippen molar-refractivity contribution in [2.24, 2.45) is 5.92 Å². The molecule has 90 heavy (non-hydrogen) atoms. The average molecular weight is 1240 g/mol. The summed E-state index contributed by atoms with van der Waals surface area (Å²) in [5, 5.41) is 0. The van der Waals surface area contributed by atoms with Gasteiger partial charge in [-0.3, -0.25) is 14.6 Å². The van der Waals surface area contributed by atoms with Crippen molar-refractivity contribution in [1.82, 2.24) is 19.8 Å². The SMILES string of the molecule is COC(=O)C1CCC(c2ccc(OC)c(-c3ccc(N4CCC4)nc3CN3C(=O)O[C@H](c4cc(F)cc(F)c4)[C@@H]3C)c2)CC1.COC(=O)c1ccc(-c2cc(-c3ccc(N4CCC4)nc3CN3C(=O)O[C@H](c4cc(F)cc(F)c4)[C@@H]3C)c(OC)cc2F)c(C)c1. The largest absolute Gasteiger partial charge is 0.496 e. The predicted molar refractivity (Wildman–Crippen MR) is 325 cm³/mol. The van der Waals surface area contributed by atoms with Gasteiger partial charge in [-0.25, -0.2) is 46.3 Å². The summed E-state index contributed by atoms with van der Waals surface area (Å²) in [5.41, 5.74) is 7.51. The Morgan fingerprint density at radius 1 is 0.522 bits per heavy atom. The molecule has 16 nitrogen and oxygen atoms in total. The first kappa shape index (κ1) is 62.3. The zero-order valence-corrected chi connectivity index (χ0v) is 51.0. The van der Waals surface area contributed by atoms with Crippen LogP contribution in [-0.4, -0.2) is 111 Å². The molecular formula is C69H69F5N6O10. The standard InChI is InChI=1S/C35H32F3N3O5.C34H37F2N3O5/c1-19-12-21(34(42)45-4)6-7-25(19)27-16-28(31(44-3)17-29(27)38)26-8-9-32(40-10-5-11-40)39-30(26)18-41-20(2)33(46-35(41)43)22-13-23(36)15-24(37)14-22;1-20-32(24-15-25(35)18-26(36)16-24)44-34(41)39(20)19-29-27(10-12-31(37-29)38-13-4-14-38)28-17-23(9-11-30(28)42-2)21-5-7-22(8-6-21)33(40)43-3/h6-9,12-17,20,33H,5,10-11,18H2,1-4H3;9-12,15-18,20-22,32H,4-8,13-14,19H2,1-3H3/t20-,33-;20-,21?,22?,32-/m00/s1. The van der Waals surface area contributed by atoms with Crippen molar-refractivity contribution in [3.05, 3.63) is 177 Å². The monoisotopic (exact) mass is 1240 g/mol. The fourth-order valence-electron chi connectivity index (χ4n) is 12.6. The van der Waals surface area contributed by atoms with Crippen LogP contribution in [0, 0.1) is 41.9 Å². The lowest BCUT2D eigenvalue weighted by atomic mass is 9.78. The third-order valence-corrected chi connectivity index (χ3v) is 17.9. The fraction of sp³-hybridized carbons (Fsp3) is 0.362. The van der Waals surface area contributed by atoms with Gasteiger partial charge in [-0.05, 0) is 161 Å². The number of carbonyl (C=O) groups is 4. The molecule has 5 fully saturated rings. The minimum atomic E-state index is -0.900. The zero-order valence-electron chi connectivity index (χ0n) is 51.0. The summed E-state index contributed by atoms with van der Waals surface area (Å²) in [5.74, 6) is -1.42. The van der Waals surface area contributed by atoms with Gasteiger partial charge in [0.15, 0.2) is 0 Å². The molecule has 0 N–H and O–H groups in total.